The summed E-state index contributed by atoms with van der Waals surface area (Å²) in [5, 5.41) is 23.6. The Balaban J connectivity index is 1.69. The second kappa shape index (κ2) is 6.54. The highest BCUT2D eigenvalue weighted by Gasteiger charge is 2.26. The first-order valence-corrected chi connectivity index (χ1v) is 8.40. The molecule has 5 heteroatoms. The van der Waals surface area contributed by atoms with Crippen LogP contribution in [0.3, 0.4) is 0 Å². The number of aliphatic hydroxyl groups is 1. The molecule has 21 heavy (non-hydrogen) atoms. The highest BCUT2D eigenvalue weighted by Crippen LogP contribution is 2.36. The average Bonchev–Trinajstić information content (AvgIpc) is 2.98. The summed E-state index contributed by atoms with van der Waals surface area (Å²) in [4.78, 5) is 0. The Labute approximate surface area is 129 Å². The second-order valence-corrected chi connectivity index (χ2v) is 6.74. The number of benzene rings is 1. The number of rotatable bonds is 4. The minimum atomic E-state index is -0.463. The predicted molar refractivity (Wildman–Crippen MR) is 85.9 cm³/mol. The van der Waals surface area contributed by atoms with Crippen LogP contribution in [-0.4, -0.2) is 15.3 Å². The number of hydrogen-bond acceptors (Lipinski definition) is 5. The van der Waals surface area contributed by atoms with Gasteiger partial charge in [-0.1, -0.05) is 48.8 Å². The molecule has 3 rings (SSSR count). The van der Waals surface area contributed by atoms with Crippen molar-refractivity contribution in [3.63, 3.8) is 0 Å². The molecule has 0 amide bonds. The van der Waals surface area contributed by atoms with Crippen LogP contribution in [-0.2, 0) is 0 Å². The lowest BCUT2D eigenvalue weighted by atomic mass is 9.85. The first-order valence-electron chi connectivity index (χ1n) is 7.58. The Morgan fingerprint density at radius 3 is 2.71 bits per heavy atom. The Kier molecular flexibility index (Phi) is 4.51. The third-order valence-corrected chi connectivity index (χ3v) is 5.09. The van der Waals surface area contributed by atoms with E-state index >= 15 is 0 Å². The third kappa shape index (κ3) is 3.41. The summed E-state index contributed by atoms with van der Waals surface area (Å²) in [6.45, 7) is 2.06. The van der Waals surface area contributed by atoms with Crippen molar-refractivity contribution in [1.29, 1.82) is 0 Å². The van der Waals surface area contributed by atoms with Gasteiger partial charge in [-0.25, -0.2) is 0 Å². The minimum Gasteiger partial charge on any atom is -0.386 e. The lowest BCUT2D eigenvalue weighted by Gasteiger charge is -2.24. The Bertz CT molecular complexity index is 593. The number of nitrogens with one attached hydrogen (secondary N) is 1. The van der Waals surface area contributed by atoms with E-state index in [9.17, 15) is 5.11 Å². The average molecular weight is 303 g/mol. The third-order valence-electron chi connectivity index (χ3n) is 4.18. The van der Waals surface area contributed by atoms with E-state index in [0.717, 1.165) is 28.7 Å². The topological polar surface area (TPSA) is 58.0 Å². The molecule has 1 saturated carbocycles. The van der Waals surface area contributed by atoms with Crippen LogP contribution in [0.25, 0.3) is 0 Å². The molecule has 0 saturated heterocycles. The molecule has 0 bridgehead atoms. The van der Waals surface area contributed by atoms with Crippen LogP contribution in [0.5, 0.6) is 0 Å². The maximum absolute atomic E-state index is 10.5. The minimum absolute atomic E-state index is 0.345. The molecular weight excluding hydrogens is 282 g/mol. The van der Waals surface area contributed by atoms with Crippen LogP contribution in [0.4, 0.5) is 10.8 Å². The molecule has 1 fully saturated rings. The fourth-order valence-electron chi connectivity index (χ4n) is 2.88. The van der Waals surface area contributed by atoms with Crippen molar-refractivity contribution >= 4 is 22.2 Å². The van der Waals surface area contributed by atoms with Crippen LogP contribution in [0, 0.1) is 12.8 Å². The van der Waals surface area contributed by atoms with Crippen molar-refractivity contribution in [2.45, 2.75) is 45.1 Å². The lowest BCUT2D eigenvalue weighted by Crippen LogP contribution is -2.15. The SMILES string of the molecule is Cc1ccccc1Nc1nnc(C(O)C2CCCCC2)s1. The fraction of sp³-hybridized carbons (Fsp3) is 0.500. The second-order valence-electron chi connectivity index (χ2n) is 5.73. The van der Waals surface area contributed by atoms with Gasteiger partial charge in [0.15, 0.2) is 0 Å². The molecule has 1 heterocycles. The van der Waals surface area contributed by atoms with Gasteiger partial charge in [-0.2, -0.15) is 0 Å². The van der Waals surface area contributed by atoms with E-state index in [1.165, 1.54) is 36.2 Å². The molecule has 1 aromatic heterocycles. The van der Waals surface area contributed by atoms with Crippen molar-refractivity contribution in [2.75, 3.05) is 5.32 Å². The Morgan fingerprint density at radius 1 is 1.19 bits per heavy atom. The zero-order valence-corrected chi connectivity index (χ0v) is 13.1. The summed E-state index contributed by atoms with van der Waals surface area (Å²) >= 11 is 1.45. The molecule has 1 aliphatic rings. The Morgan fingerprint density at radius 2 is 1.95 bits per heavy atom. The highest BCUT2D eigenvalue weighted by molar-refractivity contribution is 7.15. The standard InChI is InChI=1S/C16H21N3OS/c1-11-7-5-6-10-13(11)17-16-19-18-15(21-16)14(20)12-8-3-2-4-9-12/h5-7,10,12,14,20H,2-4,8-9H2,1H3,(H,17,19). The van der Waals surface area contributed by atoms with Crippen LogP contribution in [0.1, 0.15) is 48.8 Å². The van der Waals surface area contributed by atoms with Crippen LogP contribution in [0.15, 0.2) is 24.3 Å². The van der Waals surface area contributed by atoms with Crippen molar-refractivity contribution in [3.8, 4) is 0 Å². The normalized spacial score (nSPS) is 17.6. The molecule has 1 aliphatic carbocycles. The molecule has 1 atom stereocenters. The van der Waals surface area contributed by atoms with Gasteiger partial charge in [0.2, 0.25) is 5.13 Å². The maximum Gasteiger partial charge on any atom is 0.210 e. The zero-order valence-electron chi connectivity index (χ0n) is 12.2. The van der Waals surface area contributed by atoms with E-state index in [-0.39, 0.29) is 0 Å². The molecule has 1 aromatic carbocycles. The maximum atomic E-state index is 10.5. The first kappa shape index (κ1) is 14.5. The number of nitrogens with zero attached hydrogens (tertiary/aromatic N) is 2. The summed E-state index contributed by atoms with van der Waals surface area (Å²) in [6.07, 6.45) is 5.46. The smallest absolute Gasteiger partial charge is 0.210 e. The van der Waals surface area contributed by atoms with Crippen molar-refractivity contribution in [2.24, 2.45) is 5.92 Å². The Hall–Kier alpha value is -1.46. The van der Waals surface area contributed by atoms with E-state index < -0.39 is 6.10 Å². The van der Waals surface area contributed by atoms with E-state index in [2.05, 4.69) is 28.5 Å². The van der Waals surface area contributed by atoms with Gasteiger partial charge >= 0.3 is 0 Å². The number of aromatic nitrogens is 2. The zero-order chi connectivity index (χ0) is 14.7. The van der Waals surface area contributed by atoms with Crippen molar-refractivity contribution in [1.82, 2.24) is 10.2 Å². The van der Waals surface area contributed by atoms with E-state index in [1.807, 2.05) is 18.2 Å². The highest BCUT2D eigenvalue weighted by atomic mass is 32.1. The molecule has 0 spiro atoms. The van der Waals surface area contributed by atoms with Gasteiger partial charge < -0.3 is 10.4 Å². The summed E-state index contributed by atoms with van der Waals surface area (Å²) in [6, 6.07) is 8.09. The molecule has 0 radical (unpaired) electrons. The van der Waals surface area contributed by atoms with Crippen molar-refractivity contribution < 1.29 is 5.11 Å². The molecule has 112 valence electrons. The molecule has 1 unspecified atom stereocenters. The van der Waals surface area contributed by atoms with Gasteiger partial charge in [-0.15, -0.1) is 10.2 Å². The monoisotopic (exact) mass is 303 g/mol. The number of aryl methyl sites for hydroxylation is 1. The van der Waals surface area contributed by atoms with Gasteiger partial charge in [-0.3, -0.25) is 0 Å². The fourth-order valence-corrected chi connectivity index (χ4v) is 3.72. The van der Waals surface area contributed by atoms with Gasteiger partial charge in [0, 0.05) is 5.69 Å². The van der Waals surface area contributed by atoms with Gasteiger partial charge in [0.05, 0.1) is 0 Å². The molecule has 0 aliphatic heterocycles. The predicted octanol–water partition coefficient (Wildman–Crippen LogP) is 4.20. The number of para-hydroxylation sites is 1. The molecule has 4 nitrogen and oxygen atoms in total. The molecule has 2 aromatic rings. The lowest BCUT2D eigenvalue weighted by molar-refractivity contribution is 0.0840. The molecular formula is C16H21N3OS. The van der Waals surface area contributed by atoms with E-state index in [4.69, 9.17) is 0 Å². The summed E-state index contributed by atoms with van der Waals surface area (Å²) in [7, 11) is 0. The summed E-state index contributed by atoms with van der Waals surface area (Å²) in [5.74, 6) is 0.345. The van der Waals surface area contributed by atoms with Crippen LogP contribution < -0.4 is 5.32 Å². The number of hydrogen-bond donors (Lipinski definition) is 2. The van der Waals surface area contributed by atoms with Crippen LogP contribution in [0.2, 0.25) is 0 Å². The number of aliphatic hydroxyl groups excluding tert-OH is 1. The van der Waals surface area contributed by atoms with Crippen LogP contribution >= 0.6 is 11.3 Å². The number of anilines is 2. The van der Waals surface area contributed by atoms with Gasteiger partial charge in [0.25, 0.3) is 0 Å². The van der Waals surface area contributed by atoms with Crippen molar-refractivity contribution in [3.05, 3.63) is 34.8 Å². The summed E-state index contributed by atoms with van der Waals surface area (Å²) < 4.78 is 0. The van der Waals surface area contributed by atoms with Gasteiger partial charge in [-0.05, 0) is 37.3 Å². The largest absolute Gasteiger partial charge is 0.386 e. The van der Waals surface area contributed by atoms with E-state index in [0.29, 0.717) is 5.92 Å². The molecule has 2 N–H and O–H groups in total. The van der Waals surface area contributed by atoms with Gasteiger partial charge in [0.1, 0.15) is 11.1 Å². The van der Waals surface area contributed by atoms with E-state index in [1.54, 1.807) is 0 Å². The quantitative estimate of drug-likeness (QED) is 0.888. The summed E-state index contributed by atoms with van der Waals surface area (Å²) in [5.41, 5.74) is 2.20. The first-order chi connectivity index (χ1) is 10.2.